The van der Waals surface area contributed by atoms with Gasteiger partial charge in [-0.2, -0.15) is 0 Å². The quantitative estimate of drug-likeness (QED) is 0.178. The number of ether oxygens (including phenoxy) is 1. The lowest BCUT2D eigenvalue weighted by atomic mass is 10.0. The molecule has 0 saturated carbocycles. The molecule has 3 nitrogen and oxygen atoms in total. The van der Waals surface area contributed by atoms with Gasteiger partial charge in [-0.15, -0.1) is 11.3 Å². The minimum atomic E-state index is -0.309. The largest absolute Gasteiger partial charge is 0.453 e. The molecule has 0 bridgehead atoms. The zero-order valence-corrected chi connectivity index (χ0v) is 29.1. The maximum Gasteiger partial charge on any atom is 0.155 e. The van der Waals surface area contributed by atoms with Crippen LogP contribution in [0.15, 0.2) is 176 Å². The summed E-state index contributed by atoms with van der Waals surface area (Å²) in [6.07, 6.45) is 0. The fourth-order valence-corrected chi connectivity index (χ4v) is 9.16. The molecule has 8 aromatic carbocycles. The molecule has 53 heavy (non-hydrogen) atoms. The number of halogens is 1. The van der Waals surface area contributed by atoms with Gasteiger partial charge in [-0.05, 0) is 89.0 Å². The summed E-state index contributed by atoms with van der Waals surface area (Å²) in [6.45, 7) is 0. The van der Waals surface area contributed by atoms with Gasteiger partial charge < -0.3 is 14.2 Å². The van der Waals surface area contributed by atoms with E-state index in [1.807, 2.05) is 29.5 Å². The summed E-state index contributed by atoms with van der Waals surface area (Å²) < 4.78 is 25.8. The molecule has 0 unspecified atom stereocenters. The van der Waals surface area contributed by atoms with E-state index < -0.39 is 0 Å². The minimum Gasteiger partial charge on any atom is -0.453 e. The Labute approximate surface area is 309 Å². The molecule has 0 amide bonds. The average Bonchev–Trinajstić information content (AvgIpc) is 3.75. The summed E-state index contributed by atoms with van der Waals surface area (Å²) in [5, 5.41) is 4.35. The SMILES string of the molecule is Fc1cc2c3c(c1)c1ccc(-c4ccc(N(c5ccc(-c6ccccc6)cc5)c5cccc6sc7ccccc7c56)cc4)cc1n3-c1ccccc1O2. The third-order valence-corrected chi connectivity index (χ3v) is 11.6. The monoisotopic (exact) mass is 700 g/mol. The molecule has 250 valence electrons. The highest BCUT2D eigenvalue weighted by Crippen LogP contribution is 2.48. The Balaban J connectivity index is 1.06. The van der Waals surface area contributed by atoms with Gasteiger partial charge in [0.25, 0.3) is 0 Å². The second kappa shape index (κ2) is 11.7. The Morgan fingerprint density at radius 3 is 1.96 bits per heavy atom. The molecule has 3 heterocycles. The number of nitrogens with zero attached hydrogens (tertiary/aromatic N) is 2. The number of hydrogen-bond acceptors (Lipinski definition) is 3. The number of fused-ring (bicyclic) bond motifs is 8. The van der Waals surface area contributed by atoms with E-state index in [1.165, 1.54) is 37.4 Å². The third kappa shape index (κ3) is 4.71. The highest BCUT2D eigenvalue weighted by atomic mass is 32.1. The maximum absolute atomic E-state index is 14.9. The number of rotatable bonds is 5. The smallest absolute Gasteiger partial charge is 0.155 e. The van der Waals surface area contributed by atoms with Crippen molar-refractivity contribution >= 4 is 70.4 Å². The van der Waals surface area contributed by atoms with E-state index in [0.29, 0.717) is 11.5 Å². The molecule has 0 atom stereocenters. The van der Waals surface area contributed by atoms with Gasteiger partial charge in [0.15, 0.2) is 11.5 Å². The lowest BCUT2D eigenvalue weighted by molar-refractivity contribution is 0.471. The summed E-state index contributed by atoms with van der Waals surface area (Å²) in [6, 6.07) is 61.0. The van der Waals surface area contributed by atoms with E-state index in [1.54, 1.807) is 6.07 Å². The van der Waals surface area contributed by atoms with E-state index in [0.717, 1.165) is 55.7 Å². The average molecular weight is 701 g/mol. The summed E-state index contributed by atoms with van der Waals surface area (Å²) in [5.74, 6) is 0.937. The van der Waals surface area contributed by atoms with Crippen LogP contribution in [0.5, 0.6) is 11.5 Å². The predicted octanol–water partition coefficient (Wildman–Crippen LogP) is 14.2. The standard InChI is InChI=1S/C48H29FN2OS/c49-34-28-39-37-26-21-33(27-42(37)51-40-12-5-6-14-43(40)52-44(29-34)48(39)51)32-19-24-36(25-20-32)50(35-22-17-31(18-23-35)30-9-2-1-3-10-30)41-13-8-16-46-47(41)38-11-4-7-15-45(38)53-46/h1-29H. The molecule has 2 aromatic heterocycles. The first kappa shape index (κ1) is 30.0. The topological polar surface area (TPSA) is 17.4 Å². The minimum absolute atomic E-state index is 0.309. The van der Waals surface area contributed by atoms with Crippen LogP contribution in [0.1, 0.15) is 0 Å². The molecule has 0 saturated heterocycles. The van der Waals surface area contributed by atoms with Crippen molar-refractivity contribution in [3.63, 3.8) is 0 Å². The van der Waals surface area contributed by atoms with Crippen LogP contribution in [-0.4, -0.2) is 4.57 Å². The molecular formula is C48H29FN2OS. The third-order valence-electron chi connectivity index (χ3n) is 10.4. The Bertz CT molecular complexity index is 3040. The lowest BCUT2D eigenvalue weighted by Gasteiger charge is -2.27. The number of aromatic nitrogens is 1. The molecule has 5 heteroatoms. The molecule has 0 spiro atoms. The number of thiophene rings is 1. The first-order valence-electron chi connectivity index (χ1n) is 17.7. The number of anilines is 3. The van der Waals surface area contributed by atoms with E-state index in [-0.39, 0.29) is 5.82 Å². The van der Waals surface area contributed by atoms with Crippen molar-refractivity contribution in [1.29, 1.82) is 0 Å². The van der Waals surface area contributed by atoms with E-state index in [9.17, 15) is 4.39 Å². The van der Waals surface area contributed by atoms with Gasteiger partial charge in [-0.25, -0.2) is 4.39 Å². The van der Waals surface area contributed by atoms with Gasteiger partial charge in [-0.1, -0.05) is 103 Å². The van der Waals surface area contributed by atoms with Crippen LogP contribution in [0.3, 0.4) is 0 Å². The molecule has 0 radical (unpaired) electrons. The van der Waals surface area contributed by atoms with Crippen LogP contribution < -0.4 is 9.64 Å². The molecule has 1 aliphatic rings. The first-order chi connectivity index (χ1) is 26.2. The highest BCUT2D eigenvalue weighted by molar-refractivity contribution is 7.26. The van der Waals surface area contributed by atoms with Crippen LogP contribution in [0.25, 0.3) is 69.9 Å². The summed E-state index contributed by atoms with van der Waals surface area (Å²) in [7, 11) is 0. The van der Waals surface area contributed by atoms with Crippen LogP contribution in [-0.2, 0) is 0 Å². The summed E-state index contributed by atoms with van der Waals surface area (Å²) >= 11 is 1.83. The lowest BCUT2D eigenvalue weighted by Crippen LogP contribution is -2.10. The maximum atomic E-state index is 14.9. The molecule has 0 N–H and O–H groups in total. The number of para-hydroxylation sites is 2. The highest BCUT2D eigenvalue weighted by Gasteiger charge is 2.25. The Morgan fingerprint density at radius 1 is 0.491 bits per heavy atom. The molecule has 11 rings (SSSR count). The van der Waals surface area contributed by atoms with E-state index >= 15 is 0 Å². The Kier molecular flexibility index (Phi) is 6.60. The van der Waals surface area contributed by atoms with E-state index in [2.05, 4.69) is 155 Å². The second-order valence-corrected chi connectivity index (χ2v) is 14.6. The zero-order chi connectivity index (χ0) is 35.0. The first-order valence-corrected chi connectivity index (χ1v) is 18.5. The van der Waals surface area contributed by atoms with Gasteiger partial charge in [0.2, 0.25) is 0 Å². The van der Waals surface area contributed by atoms with Gasteiger partial charge >= 0.3 is 0 Å². The van der Waals surface area contributed by atoms with E-state index in [4.69, 9.17) is 4.74 Å². The van der Waals surface area contributed by atoms with Crippen LogP contribution in [0, 0.1) is 5.82 Å². The number of benzene rings is 8. The van der Waals surface area contributed by atoms with Crippen LogP contribution >= 0.6 is 11.3 Å². The van der Waals surface area contributed by atoms with Crippen molar-refractivity contribution in [3.05, 3.63) is 182 Å². The van der Waals surface area contributed by atoms with Crippen LogP contribution in [0.4, 0.5) is 21.5 Å². The van der Waals surface area contributed by atoms with Gasteiger partial charge in [-0.3, -0.25) is 0 Å². The molecular weight excluding hydrogens is 672 g/mol. The zero-order valence-electron chi connectivity index (χ0n) is 28.3. The number of hydrogen-bond donors (Lipinski definition) is 0. The molecule has 0 fully saturated rings. The Hall–Kier alpha value is -6.69. The van der Waals surface area contributed by atoms with Crippen LogP contribution in [0.2, 0.25) is 0 Å². The fourth-order valence-electron chi connectivity index (χ4n) is 8.04. The molecule has 10 aromatic rings. The Morgan fingerprint density at radius 2 is 1.15 bits per heavy atom. The fraction of sp³-hybridized carbons (Fsp3) is 0. The summed E-state index contributed by atoms with van der Waals surface area (Å²) in [4.78, 5) is 2.38. The second-order valence-electron chi connectivity index (χ2n) is 13.5. The van der Waals surface area contributed by atoms with Gasteiger partial charge in [0.05, 0.1) is 22.4 Å². The van der Waals surface area contributed by atoms with Crippen molar-refractivity contribution < 1.29 is 9.13 Å². The van der Waals surface area contributed by atoms with Crippen molar-refractivity contribution in [2.45, 2.75) is 0 Å². The van der Waals surface area contributed by atoms with Crippen molar-refractivity contribution in [1.82, 2.24) is 4.57 Å². The van der Waals surface area contributed by atoms with Crippen molar-refractivity contribution in [2.24, 2.45) is 0 Å². The molecule has 0 aliphatic carbocycles. The van der Waals surface area contributed by atoms with Crippen molar-refractivity contribution in [2.75, 3.05) is 4.90 Å². The van der Waals surface area contributed by atoms with Gasteiger partial charge in [0.1, 0.15) is 5.82 Å². The summed E-state index contributed by atoms with van der Waals surface area (Å²) in [5.41, 5.74) is 10.7. The van der Waals surface area contributed by atoms with Gasteiger partial charge in [0, 0.05) is 48.4 Å². The predicted molar refractivity (Wildman–Crippen MR) is 219 cm³/mol. The van der Waals surface area contributed by atoms with Crippen molar-refractivity contribution in [3.8, 4) is 39.4 Å². The molecule has 1 aliphatic heterocycles. The normalized spacial score (nSPS) is 12.0.